The van der Waals surface area contributed by atoms with Gasteiger partial charge < -0.3 is 0 Å². The molecule has 2 N–H and O–H groups in total. The van der Waals surface area contributed by atoms with Crippen molar-refractivity contribution in [2.24, 2.45) is 5.14 Å². The van der Waals surface area contributed by atoms with E-state index in [2.05, 4.69) is 4.98 Å². The second kappa shape index (κ2) is 6.63. The molecular formula is C18H11F2N3O2S. The summed E-state index contributed by atoms with van der Waals surface area (Å²) < 4.78 is 51.3. The molecule has 5 nitrogen and oxygen atoms in total. The summed E-state index contributed by atoms with van der Waals surface area (Å²) >= 11 is 0. The number of sulfonamides is 1. The Morgan fingerprint density at radius 3 is 2.31 bits per heavy atom. The average molecular weight is 371 g/mol. The highest BCUT2D eigenvalue weighted by molar-refractivity contribution is 7.89. The van der Waals surface area contributed by atoms with Crippen molar-refractivity contribution in [1.82, 2.24) is 4.98 Å². The number of nitriles is 1. The predicted molar refractivity (Wildman–Crippen MR) is 91.1 cm³/mol. The number of hydrogen-bond donors (Lipinski definition) is 1. The van der Waals surface area contributed by atoms with Crippen LogP contribution >= 0.6 is 0 Å². The van der Waals surface area contributed by atoms with Crippen LogP contribution in [0, 0.1) is 23.0 Å². The van der Waals surface area contributed by atoms with E-state index in [1.54, 1.807) is 30.3 Å². The van der Waals surface area contributed by atoms with Crippen LogP contribution in [0.25, 0.3) is 22.4 Å². The summed E-state index contributed by atoms with van der Waals surface area (Å²) in [5, 5.41) is 13.8. The smallest absolute Gasteiger partial charge is 0.241 e. The molecule has 8 heteroatoms. The lowest BCUT2D eigenvalue weighted by molar-refractivity contribution is 0.555. The second-order valence-electron chi connectivity index (χ2n) is 5.40. The molecule has 1 aromatic heterocycles. The van der Waals surface area contributed by atoms with Gasteiger partial charge in [-0.1, -0.05) is 18.2 Å². The lowest BCUT2D eigenvalue weighted by Crippen LogP contribution is -2.14. The first-order chi connectivity index (χ1) is 12.3. The molecule has 0 bridgehead atoms. The molecular weight excluding hydrogens is 360 g/mol. The zero-order valence-corrected chi connectivity index (χ0v) is 14.0. The third kappa shape index (κ3) is 3.31. The minimum Gasteiger partial charge on any atom is -0.256 e. The van der Waals surface area contributed by atoms with Crippen LogP contribution < -0.4 is 5.14 Å². The normalized spacial score (nSPS) is 11.2. The van der Waals surface area contributed by atoms with Gasteiger partial charge in [0.1, 0.15) is 16.5 Å². The Morgan fingerprint density at radius 1 is 1.00 bits per heavy atom. The average Bonchev–Trinajstić information content (AvgIpc) is 2.62. The molecule has 2 aromatic carbocycles. The predicted octanol–water partition coefficient (Wildman–Crippen LogP) is 3.21. The van der Waals surface area contributed by atoms with Crippen LogP contribution in [0.2, 0.25) is 0 Å². The van der Waals surface area contributed by atoms with E-state index in [1.807, 2.05) is 6.07 Å². The molecule has 1 heterocycles. The topological polar surface area (TPSA) is 96.8 Å². The van der Waals surface area contributed by atoms with Crippen molar-refractivity contribution in [1.29, 1.82) is 5.26 Å². The monoisotopic (exact) mass is 371 g/mol. The van der Waals surface area contributed by atoms with Gasteiger partial charge in [-0.05, 0) is 30.3 Å². The molecule has 0 fully saturated rings. The van der Waals surface area contributed by atoms with E-state index < -0.39 is 26.6 Å². The molecule has 3 aromatic rings. The summed E-state index contributed by atoms with van der Waals surface area (Å²) in [6.45, 7) is 0. The lowest BCUT2D eigenvalue weighted by atomic mass is 9.98. The third-order valence-electron chi connectivity index (χ3n) is 3.71. The first-order valence-corrected chi connectivity index (χ1v) is 8.83. The molecule has 0 aliphatic heterocycles. The fourth-order valence-corrected chi connectivity index (χ4v) is 3.11. The van der Waals surface area contributed by atoms with Gasteiger partial charge in [0, 0.05) is 22.9 Å². The highest BCUT2D eigenvalue weighted by Gasteiger charge is 2.20. The minimum atomic E-state index is -4.39. The maximum Gasteiger partial charge on any atom is 0.241 e. The highest BCUT2D eigenvalue weighted by atomic mass is 32.2. The molecule has 0 saturated carbocycles. The number of aromatic nitrogens is 1. The number of nitrogens with two attached hydrogens (primary N) is 1. The Morgan fingerprint density at radius 2 is 1.69 bits per heavy atom. The minimum absolute atomic E-state index is 0.151. The summed E-state index contributed by atoms with van der Waals surface area (Å²) in [6.07, 6.45) is 1.49. The largest absolute Gasteiger partial charge is 0.256 e. The van der Waals surface area contributed by atoms with Crippen LogP contribution in [0.1, 0.15) is 5.56 Å². The van der Waals surface area contributed by atoms with Crippen molar-refractivity contribution < 1.29 is 17.2 Å². The van der Waals surface area contributed by atoms with Crippen LogP contribution in [0.3, 0.4) is 0 Å². The number of hydrogen-bond acceptors (Lipinski definition) is 4. The van der Waals surface area contributed by atoms with Gasteiger partial charge in [-0.25, -0.2) is 22.3 Å². The molecule has 0 saturated heterocycles. The Bertz CT molecular complexity index is 1140. The maximum absolute atomic E-state index is 14.5. The van der Waals surface area contributed by atoms with Crippen molar-refractivity contribution in [3.05, 3.63) is 71.9 Å². The Labute approximate surface area is 148 Å². The van der Waals surface area contributed by atoms with E-state index in [-0.39, 0.29) is 11.1 Å². The maximum atomic E-state index is 14.5. The van der Waals surface area contributed by atoms with Crippen LogP contribution in [-0.2, 0) is 10.0 Å². The number of pyridine rings is 1. The number of primary sulfonamides is 1. The SMILES string of the molecule is N#Cc1ccc(-c2ncccc2-c2cc(F)c(S(N)(=O)=O)cc2F)cc1. The first-order valence-electron chi connectivity index (χ1n) is 7.29. The van der Waals surface area contributed by atoms with Crippen LogP contribution in [0.4, 0.5) is 8.78 Å². The van der Waals surface area contributed by atoms with Crippen molar-refractivity contribution in [2.45, 2.75) is 4.90 Å². The summed E-state index contributed by atoms with van der Waals surface area (Å²) in [7, 11) is -4.39. The fourth-order valence-electron chi connectivity index (χ4n) is 2.51. The van der Waals surface area contributed by atoms with Gasteiger partial charge in [0.15, 0.2) is 0 Å². The molecule has 0 aliphatic rings. The number of rotatable bonds is 3. The molecule has 0 radical (unpaired) electrons. The Hall–Kier alpha value is -3.15. The van der Waals surface area contributed by atoms with Crippen molar-refractivity contribution >= 4 is 10.0 Å². The van der Waals surface area contributed by atoms with E-state index in [9.17, 15) is 17.2 Å². The van der Waals surface area contributed by atoms with Gasteiger partial charge in [0.05, 0.1) is 17.3 Å². The second-order valence-corrected chi connectivity index (χ2v) is 6.93. The van der Waals surface area contributed by atoms with E-state index in [1.165, 1.54) is 12.3 Å². The molecule has 26 heavy (non-hydrogen) atoms. The summed E-state index contributed by atoms with van der Waals surface area (Å²) in [5.41, 5.74) is 1.52. The van der Waals surface area contributed by atoms with Gasteiger partial charge in [-0.15, -0.1) is 0 Å². The standard InChI is InChI=1S/C18H11F2N3O2S/c19-15-9-17(26(22,24)25)16(20)8-14(15)13-2-1-7-23-18(13)12-5-3-11(10-21)4-6-12/h1-9H,(H2,22,24,25). The van der Waals surface area contributed by atoms with Crippen molar-refractivity contribution in [3.63, 3.8) is 0 Å². The number of benzene rings is 2. The third-order valence-corrected chi connectivity index (χ3v) is 4.64. The molecule has 0 spiro atoms. The molecule has 0 unspecified atom stereocenters. The van der Waals surface area contributed by atoms with E-state index >= 15 is 0 Å². The van der Waals surface area contributed by atoms with E-state index in [0.717, 1.165) is 6.07 Å². The zero-order chi connectivity index (χ0) is 18.9. The van der Waals surface area contributed by atoms with Gasteiger partial charge >= 0.3 is 0 Å². The van der Waals surface area contributed by atoms with Gasteiger partial charge in [0.2, 0.25) is 10.0 Å². The zero-order valence-electron chi connectivity index (χ0n) is 13.1. The highest BCUT2D eigenvalue weighted by Crippen LogP contribution is 2.33. The number of halogens is 2. The van der Waals surface area contributed by atoms with Crippen molar-refractivity contribution in [3.8, 4) is 28.5 Å². The van der Waals surface area contributed by atoms with E-state index in [4.69, 9.17) is 10.4 Å². The lowest BCUT2D eigenvalue weighted by Gasteiger charge is -2.11. The van der Waals surface area contributed by atoms with Gasteiger partial charge in [0.25, 0.3) is 0 Å². The van der Waals surface area contributed by atoms with Gasteiger partial charge in [-0.2, -0.15) is 5.26 Å². The van der Waals surface area contributed by atoms with Gasteiger partial charge in [-0.3, -0.25) is 4.98 Å². The Balaban J connectivity index is 2.20. The molecule has 0 atom stereocenters. The Kier molecular flexibility index (Phi) is 4.50. The number of nitrogens with zero attached hydrogens (tertiary/aromatic N) is 2. The fraction of sp³-hybridized carbons (Fsp3) is 0. The molecule has 0 aliphatic carbocycles. The summed E-state index contributed by atoms with van der Waals surface area (Å²) in [4.78, 5) is 3.29. The quantitative estimate of drug-likeness (QED) is 0.764. The van der Waals surface area contributed by atoms with Crippen LogP contribution in [0.15, 0.2) is 59.6 Å². The molecule has 3 rings (SSSR count). The van der Waals surface area contributed by atoms with Crippen LogP contribution in [-0.4, -0.2) is 13.4 Å². The molecule has 0 amide bonds. The van der Waals surface area contributed by atoms with Crippen molar-refractivity contribution in [2.75, 3.05) is 0 Å². The summed E-state index contributed by atoms with van der Waals surface area (Å²) in [5.74, 6) is -2.10. The molecule has 130 valence electrons. The summed E-state index contributed by atoms with van der Waals surface area (Å²) in [6, 6.07) is 12.8. The van der Waals surface area contributed by atoms with Crippen LogP contribution in [0.5, 0.6) is 0 Å². The first kappa shape index (κ1) is 17.7. The van der Waals surface area contributed by atoms with E-state index in [0.29, 0.717) is 22.9 Å².